The maximum Gasteiger partial charge on any atom is 0.143 e. The van der Waals surface area contributed by atoms with E-state index in [9.17, 15) is 29.5 Å². The minimum absolute atomic E-state index is 0.0944. The van der Waals surface area contributed by atoms with Crippen LogP contribution in [0.25, 0.3) is 0 Å². The number of hydroxylamine groups is 2. The van der Waals surface area contributed by atoms with Gasteiger partial charge in [0.2, 0.25) is 0 Å². The van der Waals surface area contributed by atoms with Gasteiger partial charge in [-0.1, -0.05) is 343 Å². The van der Waals surface area contributed by atoms with Crippen molar-refractivity contribution < 1.29 is 29.5 Å². The Morgan fingerprint density at radius 3 is 0.659 bits per heavy atom. The Morgan fingerprint density at radius 1 is 0.293 bits per heavy atom. The van der Waals surface area contributed by atoms with E-state index in [0.29, 0.717) is 58.0 Å². The third kappa shape index (κ3) is 60.2. The molecule has 0 aliphatic heterocycles. The molecule has 1 unspecified atom stereocenters. The lowest BCUT2D eigenvalue weighted by molar-refractivity contribution is -0.136. The summed E-state index contributed by atoms with van der Waals surface area (Å²) in [5, 5.41) is 21.0. The second-order valence-corrected chi connectivity index (χ2v) is 25.7. The highest BCUT2D eigenvalue weighted by atomic mass is 16.5. The number of rotatable bonds is 68. The molecule has 8 heteroatoms. The van der Waals surface area contributed by atoms with Crippen molar-refractivity contribution in [1.82, 2.24) is 5.06 Å². The van der Waals surface area contributed by atoms with Crippen LogP contribution in [0.15, 0.2) is 0 Å². The molecule has 0 radical (unpaired) electrons. The molecule has 4 N–H and O–H groups in total. The van der Waals surface area contributed by atoms with Gasteiger partial charge in [0.25, 0.3) is 0 Å². The summed E-state index contributed by atoms with van der Waals surface area (Å²) in [6.07, 6.45) is 69.7. The number of carbonyl (C=O) groups is 4. The average molecular weight is 1160 g/mol. The molecule has 82 heavy (non-hydrogen) atoms. The van der Waals surface area contributed by atoms with Crippen molar-refractivity contribution in [3.8, 4) is 0 Å². The van der Waals surface area contributed by atoms with Crippen LogP contribution in [0.5, 0.6) is 0 Å². The third-order valence-electron chi connectivity index (χ3n) is 17.8. The Labute approximate surface area is 512 Å². The van der Waals surface area contributed by atoms with Gasteiger partial charge in [-0.3, -0.25) is 19.2 Å². The van der Waals surface area contributed by atoms with E-state index in [-0.39, 0.29) is 29.7 Å². The fraction of sp³-hybridized carbons (Fsp3) is 0.946. The highest BCUT2D eigenvalue weighted by molar-refractivity contribution is 6.02. The molecule has 8 nitrogen and oxygen atoms in total. The monoisotopic (exact) mass is 1160 g/mol. The first-order valence-electron chi connectivity index (χ1n) is 37.1. The zero-order valence-electron chi connectivity index (χ0n) is 56.1. The number of unbranched alkanes of at least 4 members (excludes halogenated alkanes) is 48. The highest BCUT2D eigenvalue weighted by Crippen LogP contribution is 2.23. The van der Waals surface area contributed by atoms with E-state index in [0.717, 1.165) is 51.4 Å². The molecule has 0 spiro atoms. The van der Waals surface area contributed by atoms with Gasteiger partial charge in [0.05, 0.1) is 17.9 Å². The maximum absolute atomic E-state index is 13.0. The molecule has 0 amide bonds. The number of aliphatic hydroxyl groups excluding tert-OH is 1. The number of Topliss-reactive ketones (excluding diaryl/α,β-unsaturated/α-hetero) is 4. The fourth-order valence-corrected chi connectivity index (χ4v) is 11.9. The second kappa shape index (κ2) is 68.6. The number of hydrogen-bond acceptors (Lipinski definition) is 8. The number of hydrogen-bond donors (Lipinski definition) is 3. The van der Waals surface area contributed by atoms with Crippen LogP contribution < -0.4 is 5.73 Å². The van der Waals surface area contributed by atoms with E-state index in [1.165, 1.54) is 288 Å². The van der Waals surface area contributed by atoms with Crippen LogP contribution in [0.4, 0.5) is 0 Å². The van der Waals surface area contributed by atoms with Crippen LogP contribution in [0, 0.1) is 11.8 Å². The minimum atomic E-state index is -0.620. The predicted molar refractivity (Wildman–Crippen MR) is 356 cm³/mol. The Hall–Kier alpha value is -1.48. The lowest BCUT2D eigenvalue weighted by Crippen LogP contribution is -2.29. The molecule has 0 saturated heterocycles. The number of carbonyl (C=O) groups excluding carboxylic acids is 4. The summed E-state index contributed by atoms with van der Waals surface area (Å²) >= 11 is 0. The molecular formula is C74H146N2O6. The van der Waals surface area contributed by atoms with Crippen LogP contribution in [-0.2, 0) is 19.2 Å². The largest absolute Gasteiger partial charge is 0.392 e. The Balaban J connectivity index is 0. The molecule has 0 aliphatic carbocycles. The topological polar surface area (TPSA) is 138 Å². The first kappa shape index (κ1) is 82.6. The third-order valence-corrected chi connectivity index (χ3v) is 17.8. The molecule has 0 fully saturated rings. The van der Waals surface area contributed by atoms with Gasteiger partial charge in [0.1, 0.15) is 23.1 Å². The van der Waals surface area contributed by atoms with Gasteiger partial charge in [-0.05, 0) is 44.9 Å². The zero-order chi connectivity index (χ0) is 60.5. The van der Waals surface area contributed by atoms with Gasteiger partial charge in [0, 0.05) is 45.3 Å². The van der Waals surface area contributed by atoms with Crippen LogP contribution in [-0.4, -0.2) is 64.2 Å². The lowest BCUT2D eigenvalue weighted by Gasteiger charge is -2.18. The summed E-state index contributed by atoms with van der Waals surface area (Å²) in [6, 6.07) is 0. The molecule has 0 bridgehead atoms. The van der Waals surface area contributed by atoms with E-state index in [1.54, 1.807) is 0 Å². The van der Waals surface area contributed by atoms with Crippen LogP contribution >= 0.6 is 0 Å². The number of nitrogens with zero attached hydrogens (tertiary/aromatic N) is 1. The normalized spacial score (nSPS) is 12.0. The van der Waals surface area contributed by atoms with Crippen LogP contribution in [0.3, 0.4) is 0 Å². The SMILES string of the molecule is CCCCCCCCCCCCCCCC(=O)C(CCC(O)CN)C(=O)CCCCCCCCCCCCCCC.CCCCCCCCCCCCCCCC(=O)C(CCN(O)CC)C(=O)CCCCCCCCCCCCCCC. The van der Waals surface area contributed by atoms with Gasteiger partial charge < -0.3 is 16.0 Å². The van der Waals surface area contributed by atoms with Crippen molar-refractivity contribution in [3.63, 3.8) is 0 Å². The summed E-state index contributed by atoms with van der Waals surface area (Å²) in [5.74, 6) is -0.653. The average Bonchev–Trinajstić information content (AvgIpc) is 3.48. The Morgan fingerprint density at radius 2 is 0.476 bits per heavy atom. The van der Waals surface area contributed by atoms with Crippen molar-refractivity contribution in [1.29, 1.82) is 0 Å². The summed E-state index contributed by atoms with van der Waals surface area (Å²) < 4.78 is 0. The summed E-state index contributed by atoms with van der Waals surface area (Å²) in [7, 11) is 0. The minimum Gasteiger partial charge on any atom is -0.392 e. The predicted octanol–water partition coefficient (Wildman–Crippen LogP) is 22.6. The fourth-order valence-electron chi connectivity index (χ4n) is 11.9. The second-order valence-electron chi connectivity index (χ2n) is 25.7. The van der Waals surface area contributed by atoms with Crippen LogP contribution in [0.2, 0.25) is 0 Å². The molecule has 0 saturated carbocycles. The summed E-state index contributed by atoms with van der Waals surface area (Å²) in [6.45, 7) is 12.1. The van der Waals surface area contributed by atoms with Gasteiger partial charge in [0.15, 0.2) is 0 Å². The number of ketones is 4. The Kier molecular flexibility index (Phi) is 69.1. The van der Waals surface area contributed by atoms with E-state index in [2.05, 4.69) is 27.7 Å². The summed E-state index contributed by atoms with van der Waals surface area (Å²) in [5.41, 5.74) is 5.57. The van der Waals surface area contributed by atoms with Crippen molar-refractivity contribution in [2.45, 2.75) is 420 Å². The standard InChI is InChI=1S/2C37H73NO3/c1-4-7-9-11-13-15-17-19-21-23-25-27-29-31-36(39)35(33-34-38(41)6-3)37(40)32-30-28-26-24-22-20-18-16-14-12-10-8-5-2;1-3-5-7-9-11-13-15-17-19-21-23-25-27-29-36(40)35(32-31-34(39)33-38)37(41)30-28-26-24-22-20-18-16-14-12-10-8-6-4-2/h35,41H,4-34H2,1-3H3;34-35,39H,3-33,38H2,1-2H3. The quantitative estimate of drug-likeness (QED) is 0.0311. The van der Waals surface area contributed by atoms with Gasteiger partial charge in [-0.2, -0.15) is 5.06 Å². The van der Waals surface area contributed by atoms with Gasteiger partial charge in [-0.25, -0.2) is 0 Å². The van der Waals surface area contributed by atoms with Gasteiger partial charge >= 0.3 is 0 Å². The summed E-state index contributed by atoms with van der Waals surface area (Å²) in [4.78, 5) is 52.0. The van der Waals surface area contributed by atoms with Crippen molar-refractivity contribution in [2.24, 2.45) is 17.6 Å². The molecule has 0 aromatic carbocycles. The molecular weight excluding hydrogens is 1010 g/mol. The Bertz CT molecular complexity index is 1140. The highest BCUT2D eigenvalue weighted by Gasteiger charge is 2.27. The molecule has 0 rings (SSSR count). The van der Waals surface area contributed by atoms with E-state index >= 15 is 0 Å². The molecule has 0 heterocycles. The molecule has 1 atom stereocenters. The maximum atomic E-state index is 13.0. The molecule has 0 aromatic rings. The van der Waals surface area contributed by atoms with Crippen LogP contribution in [0.1, 0.15) is 413 Å². The smallest absolute Gasteiger partial charge is 0.143 e. The molecule has 488 valence electrons. The lowest BCUT2D eigenvalue weighted by atomic mass is 9.87. The van der Waals surface area contributed by atoms with Crippen molar-refractivity contribution >= 4 is 23.1 Å². The van der Waals surface area contributed by atoms with Crippen molar-refractivity contribution in [3.05, 3.63) is 0 Å². The van der Waals surface area contributed by atoms with E-state index < -0.39 is 17.9 Å². The van der Waals surface area contributed by atoms with Crippen molar-refractivity contribution in [2.75, 3.05) is 19.6 Å². The van der Waals surface area contributed by atoms with Gasteiger partial charge in [-0.15, -0.1) is 0 Å². The molecule has 0 aliphatic rings. The first-order chi connectivity index (χ1) is 40.1. The molecule has 0 aromatic heterocycles. The van der Waals surface area contributed by atoms with E-state index in [4.69, 9.17) is 5.73 Å². The zero-order valence-corrected chi connectivity index (χ0v) is 56.1. The van der Waals surface area contributed by atoms with E-state index in [1.807, 2.05) is 6.92 Å². The number of nitrogens with two attached hydrogens (primary N) is 1. The number of aliphatic hydroxyl groups is 1. The first-order valence-corrected chi connectivity index (χ1v) is 37.1.